The Morgan fingerprint density at radius 1 is 1.17 bits per heavy atom. The Morgan fingerprint density at radius 2 is 2.00 bits per heavy atom. The molecule has 0 radical (unpaired) electrons. The van der Waals surface area contributed by atoms with E-state index in [2.05, 4.69) is 4.99 Å². The van der Waals surface area contributed by atoms with E-state index in [-0.39, 0.29) is 23.0 Å². The van der Waals surface area contributed by atoms with Gasteiger partial charge >= 0.3 is 5.69 Å². The zero-order valence-corrected chi connectivity index (χ0v) is 12.8. The first-order valence-corrected chi connectivity index (χ1v) is 7.67. The number of ether oxygens (including phenoxy) is 1. The number of hydrogen-bond donors (Lipinski definition) is 0. The van der Waals surface area contributed by atoms with Crippen LogP contribution in [0.4, 0.5) is 11.4 Å². The second-order valence-electron chi connectivity index (χ2n) is 5.61. The number of rotatable bonds is 4. The van der Waals surface area contributed by atoms with Crippen LogP contribution in [0.2, 0.25) is 0 Å². The van der Waals surface area contributed by atoms with Crippen molar-refractivity contribution < 1.29 is 9.66 Å². The molecule has 2 aromatic rings. The van der Waals surface area contributed by atoms with Gasteiger partial charge in [0.1, 0.15) is 6.61 Å². The number of nitro benzene ring substituents is 1. The lowest BCUT2D eigenvalue weighted by Crippen LogP contribution is -2.04. The van der Waals surface area contributed by atoms with Crippen LogP contribution < -0.4 is 4.74 Å². The van der Waals surface area contributed by atoms with Gasteiger partial charge < -0.3 is 4.74 Å². The fraction of sp³-hybridized carbons (Fsp3) is 0.105. The highest BCUT2D eigenvalue weighted by Crippen LogP contribution is 2.47. The third-order valence-corrected chi connectivity index (χ3v) is 4.08. The number of nitro groups is 1. The van der Waals surface area contributed by atoms with Crippen LogP contribution in [-0.4, -0.2) is 10.6 Å². The van der Waals surface area contributed by atoms with E-state index >= 15 is 0 Å². The van der Waals surface area contributed by atoms with Crippen molar-refractivity contribution in [1.29, 1.82) is 0 Å². The van der Waals surface area contributed by atoms with Gasteiger partial charge in [0.2, 0.25) is 0 Å². The van der Waals surface area contributed by atoms with Crippen LogP contribution in [0.5, 0.6) is 5.75 Å². The lowest BCUT2D eigenvalue weighted by Gasteiger charge is -2.11. The molecular formula is C19H14N2O3. The molecule has 5 heteroatoms. The van der Waals surface area contributed by atoms with Crippen molar-refractivity contribution in [1.82, 2.24) is 0 Å². The molecule has 5 nitrogen and oxygen atoms in total. The molecule has 0 atom stereocenters. The van der Waals surface area contributed by atoms with E-state index in [1.165, 1.54) is 0 Å². The normalized spacial score (nSPS) is 14.5. The highest BCUT2D eigenvalue weighted by Gasteiger charge is 2.32. The van der Waals surface area contributed by atoms with E-state index in [9.17, 15) is 10.1 Å². The van der Waals surface area contributed by atoms with Gasteiger partial charge in [0, 0.05) is 12.0 Å². The maximum atomic E-state index is 11.7. The van der Waals surface area contributed by atoms with Crippen molar-refractivity contribution in [3.63, 3.8) is 0 Å². The second-order valence-corrected chi connectivity index (χ2v) is 5.61. The van der Waals surface area contributed by atoms with Crippen LogP contribution in [0.3, 0.4) is 0 Å². The maximum Gasteiger partial charge on any atom is 0.320 e. The molecule has 0 aromatic heterocycles. The van der Waals surface area contributed by atoms with Crippen LogP contribution in [0.15, 0.2) is 65.7 Å². The standard InChI is InChI=1S/C19H14N2O3/c22-21(23)19-17(24-12-13-6-2-1-3-7-13)11-10-16-18(19)14-8-4-5-9-15(14)20-16/h1-8,10-11H,9,12H2. The summed E-state index contributed by atoms with van der Waals surface area (Å²) in [5.41, 5.74) is 3.84. The Bertz CT molecular complexity index is 912. The van der Waals surface area contributed by atoms with E-state index in [1.807, 2.05) is 48.6 Å². The summed E-state index contributed by atoms with van der Waals surface area (Å²) in [6.45, 7) is 0.285. The Kier molecular flexibility index (Phi) is 3.46. The Morgan fingerprint density at radius 3 is 2.79 bits per heavy atom. The van der Waals surface area contributed by atoms with E-state index < -0.39 is 0 Å². The summed E-state index contributed by atoms with van der Waals surface area (Å²) in [5.74, 6) is 0.273. The highest BCUT2D eigenvalue weighted by molar-refractivity contribution is 6.31. The van der Waals surface area contributed by atoms with Gasteiger partial charge in [0.25, 0.3) is 0 Å². The molecule has 0 fully saturated rings. The van der Waals surface area contributed by atoms with Gasteiger partial charge in [-0.15, -0.1) is 0 Å². The first kappa shape index (κ1) is 14.4. The van der Waals surface area contributed by atoms with E-state index in [0.29, 0.717) is 17.7 Å². The number of nitrogens with zero attached hydrogens (tertiary/aromatic N) is 2. The molecule has 118 valence electrons. The van der Waals surface area contributed by atoms with E-state index in [4.69, 9.17) is 4.74 Å². The SMILES string of the molecule is O=[N+]([O-])c1c(OCc2ccccc2)ccc2c1C1=CC=CCC1=N2. The minimum absolute atomic E-state index is 0.0104. The molecule has 1 aliphatic carbocycles. The van der Waals surface area contributed by atoms with Crippen molar-refractivity contribution in [3.8, 4) is 5.75 Å². The molecule has 0 spiro atoms. The molecule has 0 saturated heterocycles. The summed E-state index contributed by atoms with van der Waals surface area (Å²) in [4.78, 5) is 15.8. The molecule has 0 amide bonds. The summed E-state index contributed by atoms with van der Waals surface area (Å²) in [6, 6.07) is 13.0. The van der Waals surface area contributed by atoms with Gasteiger partial charge in [-0.05, 0) is 17.7 Å². The zero-order chi connectivity index (χ0) is 16.5. The average Bonchev–Trinajstić information content (AvgIpc) is 2.98. The van der Waals surface area contributed by atoms with Crippen molar-refractivity contribution >= 4 is 22.7 Å². The third-order valence-electron chi connectivity index (χ3n) is 4.08. The van der Waals surface area contributed by atoms with Gasteiger partial charge in [-0.1, -0.05) is 48.6 Å². The Balaban J connectivity index is 1.74. The predicted octanol–water partition coefficient (Wildman–Crippen LogP) is 4.60. The number of hydrogen-bond acceptors (Lipinski definition) is 4. The molecule has 24 heavy (non-hydrogen) atoms. The smallest absolute Gasteiger partial charge is 0.320 e. The zero-order valence-electron chi connectivity index (χ0n) is 12.8. The van der Waals surface area contributed by atoms with Crippen LogP contribution in [0, 0.1) is 10.1 Å². The van der Waals surface area contributed by atoms with Gasteiger partial charge in [0.15, 0.2) is 5.75 Å². The van der Waals surface area contributed by atoms with Crippen LogP contribution >= 0.6 is 0 Å². The van der Waals surface area contributed by atoms with Gasteiger partial charge in [-0.25, -0.2) is 0 Å². The quantitative estimate of drug-likeness (QED) is 0.611. The Labute approximate surface area is 138 Å². The topological polar surface area (TPSA) is 64.7 Å². The van der Waals surface area contributed by atoms with E-state index in [1.54, 1.807) is 12.1 Å². The first-order chi connectivity index (χ1) is 11.7. The summed E-state index contributed by atoms with van der Waals surface area (Å²) < 4.78 is 5.75. The molecule has 1 aliphatic heterocycles. The predicted molar refractivity (Wildman–Crippen MR) is 92.7 cm³/mol. The average molecular weight is 318 g/mol. The molecule has 2 aromatic carbocycles. The lowest BCUT2D eigenvalue weighted by molar-refractivity contribution is -0.386. The second kappa shape index (κ2) is 5.77. The van der Waals surface area contributed by atoms with E-state index in [0.717, 1.165) is 16.8 Å². The number of fused-ring (bicyclic) bond motifs is 3. The van der Waals surface area contributed by atoms with Gasteiger partial charge in [0.05, 0.1) is 21.9 Å². The van der Waals surface area contributed by atoms with Crippen LogP contribution in [0.25, 0.3) is 5.57 Å². The van der Waals surface area contributed by atoms with Crippen LogP contribution in [-0.2, 0) is 6.61 Å². The summed E-state index contributed by atoms with van der Waals surface area (Å²) in [6.07, 6.45) is 6.47. The number of allylic oxidation sites excluding steroid dienone is 4. The van der Waals surface area contributed by atoms with Crippen molar-refractivity contribution in [2.45, 2.75) is 13.0 Å². The fourth-order valence-electron chi connectivity index (χ4n) is 2.98. The van der Waals surface area contributed by atoms with Crippen molar-refractivity contribution in [2.24, 2.45) is 4.99 Å². The third kappa shape index (κ3) is 2.40. The maximum absolute atomic E-state index is 11.7. The van der Waals surface area contributed by atoms with Gasteiger partial charge in [-0.2, -0.15) is 0 Å². The van der Waals surface area contributed by atoms with Gasteiger partial charge in [-0.3, -0.25) is 15.1 Å². The summed E-state index contributed by atoms with van der Waals surface area (Å²) >= 11 is 0. The number of aliphatic imine (C=N–C) groups is 1. The monoisotopic (exact) mass is 318 g/mol. The molecule has 0 unspecified atom stereocenters. The first-order valence-electron chi connectivity index (χ1n) is 7.67. The number of benzene rings is 2. The molecule has 4 rings (SSSR count). The summed E-state index contributed by atoms with van der Waals surface area (Å²) in [5, 5.41) is 11.7. The molecule has 1 heterocycles. The molecule has 0 N–H and O–H groups in total. The fourth-order valence-corrected chi connectivity index (χ4v) is 2.98. The molecular weight excluding hydrogens is 304 g/mol. The minimum atomic E-state index is -0.378. The van der Waals surface area contributed by atoms with Crippen molar-refractivity contribution in [2.75, 3.05) is 0 Å². The molecule has 2 aliphatic rings. The Hall–Kier alpha value is -3.21. The van der Waals surface area contributed by atoms with Crippen LogP contribution in [0.1, 0.15) is 17.5 Å². The largest absolute Gasteiger partial charge is 0.482 e. The lowest BCUT2D eigenvalue weighted by atomic mass is 9.96. The highest BCUT2D eigenvalue weighted by atomic mass is 16.6. The molecule has 0 bridgehead atoms. The minimum Gasteiger partial charge on any atom is -0.482 e. The van der Waals surface area contributed by atoms with Crippen molar-refractivity contribution in [3.05, 3.63) is 81.9 Å². The summed E-state index contributed by atoms with van der Waals surface area (Å²) in [7, 11) is 0. The molecule has 0 saturated carbocycles.